The predicted octanol–water partition coefficient (Wildman–Crippen LogP) is 5.99. The molecule has 0 saturated heterocycles. The zero-order valence-electron chi connectivity index (χ0n) is 15.7. The number of methoxy groups -OCH3 is 1. The fraction of sp³-hybridized carbons (Fsp3) is 0.273. The van der Waals surface area contributed by atoms with Crippen LogP contribution in [0.25, 0.3) is 10.9 Å². The van der Waals surface area contributed by atoms with E-state index < -0.39 is 0 Å². The van der Waals surface area contributed by atoms with E-state index in [-0.39, 0.29) is 5.91 Å². The third-order valence-corrected chi connectivity index (χ3v) is 6.02. The molecule has 0 bridgehead atoms. The van der Waals surface area contributed by atoms with E-state index in [1.165, 1.54) is 0 Å². The molecule has 0 atom stereocenters. The average molecular weight is 415 g/mol. The van der Waals surface area contributed by atoms with Crippen molar-refractivity contribution in [3.63, 3.8) is 0 Å². The molecule has 0 spiro atoms. The molecule has 1 N–H and O–H groups in total. The van der Waals surface area contributed by atoms with Gasteiger partial charge < -0.3 is 10.1 Å². The Labute approximate surface area is 173 Å². The first-order chi connectivity index (χ1) is 13.5. The summed E-state index contributed by atoms with van der Waals surface area (Å²) in [5.74, 6) is 0.276. The summed E-state index contributed by atoms with van der Waals surface area (Å²) in [5, 5.41) is 5.14. The summed E-state index contributed by atoms with van der Waals surface area (Å²) in [4.78, 5) is 17.6. The summed E-state index contributed by atoms with van der Waals surface area (Å²) in [6, 6.07) is 8.93. The van der Waals surface area contributed by atoms with Gasteiger partial charge in [-0.05, 0) is 61.9 Å². The number of halogens is 2. The Bertz CT molecular complexity index is 1100. The highest BCUT2D eigenvalue weighted by Crippen LogP contribution is 2.34. The van der Waals surface area contributed by atoms with Gasteiger partial charge >= 0.3 is 0 Å². The lowest BCUT2D eigenvalue weighted by atomic mass is 9.94. The van der Waals surface area contributed by atoms with Crippen molar-refractivity contribution in [3.8, 4) is 5.75 Å². The van der Waals surface area contributed by atoms with Crippen LogP contribution in [0.3, 0.4) is 0 Å². The lowest BCUT2D eigenvalue weighted by Gasteiger charge is -2.18. The topological polar surface area (TPSA) is 51.2 Å². The second-order valence-corrected chi connectivity index (χ2v) is 7.83. The number of amides is 1. The van der Waals surface area contributed by atoms with Crippen molar-refractivity contribution in [2.24, 2.45) is 0 Å². The van der Waals surface area contributed by atoms with E-state index in [9.17, 15) is 4.79 Å². The first-order valence-electron chi connectivity index (χ1n) is 9.24. The first-order valence-corrected chi connectivity index (χ1v) is 10.00. The maximum Gasteiger partial charge on any atom is 0.255 e. The van der Waals surface area contributed by atoms with E-state index in [0.29, 0.717) is 22.0 Å². The van der Waals surface area contributed by atoms with Crippen LogP contribution in [-0.4, -0.2) is 18.0 Å². The molecule has 4 nitrogen and oxygen atoms in total. The lowest BCUT2D eigenvalue weighted by Crippen LogP contribution is -2.13. The molecule has 0 aliphatic heterocycles. The smallest absolute Gasteiger partial charge is 0.255 e. The molecule has 144 valence electrons. The standard InChI is InChI=1S/C22H20Cl2N2O2/c1-12-9-19(20(28-2)11-16(12)23)26-22(27)13-7-8-15-18(10-13)25-17-6-4-3-5-14(17)21(15)24/h7-11H,3-6H2,1-2H3,(H,26,27). The Balaban J connectivity index is 1.69. The minimum atomic E-state index is -0.238. The van der Waals surface area contributed by atoms with Crippen LogP contribution in [0.2, 0.25) is 10.0 Å². The number of hydrogen-bond acceptors (Lipinski definition) is 3. The molecule has 0 saturated carbocycles. The Morgan fingerprint density at radius 1 is 1.14 bits per heavy atom. The summed E-state index contributed by atoms with van der Waals surface area (Å²) in [5.41, 5.74) is 4.90. The zero-order chi connectivity index (χ0) is 19.8. The number of nitrogens with zero attached hydrogens (tertiary/aromatic N) is 1. The van der Waals surface area contributed by atoms with Crippen LogP contribution in [0.1, 0.15) is 40.0 Å². The van der Waals surface area contributed by atoms with E-state index in [2.05, 4.69) is 5.32 Å². The highest BCUT2D eigenvalue weighted by atomic mass is 35.5. The molecule has 1 aliphatic carbocycles. The molecular weight excluding hydrogens is 395 g/mol. The SMILES string of the molecule is COc1cc(Cl)c(C)cc1NC(=O)c1ccc2c(Cl)c3c(nc2c1)CCCC3. The van der Waals surface area contributed by atoms with Gasteiger partial charge in [-0.25, -0.2) is 0 Å². The molecule has 1 amide bonds. The second-order valence-electron chi connectivity index (χ2n) is 7.05. The van der Waals surface area contributed by atoms with Crippen LogP contribution in [0.4, 0.5) is 5.69 Å². The molecule has 28 heavy (non-hydrogen) atoms. The van der Waals surface area contributed by atoms with Crippen LogP contribution < -0.4 is 10.1 Å². The van der Waals surface area contributed by atoms with Gasteiger partial charge in [-0.15, -0.1) is 0 Å². The molecule has 4 rings (SSSR count). The van der Waals surface area contributed by atoms with Gasteiger partial charge in [0.05, 0.1) is 23.3 Å². The van der Waals surface area contributed by atoms with E-state index in [1.54, 1.807) is 31.4 Å². The van der Waals surface area contributed by atoms with Crippen molar-refractivity contribution in [3.05, 3.63) is 62.8 Å². The maximum absolute atomic E-state index is 12.8. The molecule has 0 radical (unpaired) electrons. The van der Waals surface area contributed by atoms with Crippen molar-refractivity contribution in [1.29, 1.82) is 0 Å². The molecule has 3 aromatic rings. The van der Waals surface area contributed by atoms with Crippen LogP contribution in [0.5, 0.6) is 5.75 Å². The predicted molar refractivity (Wildman–Crippen MR) is 114 cm³/mol. The van der Waals surface area contributed by atoms with Crippen molar-refractivity contribution in [2.45, 2.75) is 32.6 Å². The average Bonchev–Trinajstić information content (AvgIpc) is 2.70. The molecule has 2 aromatic carbocycles. The number of nitrogens with one attached hydrogen (secondary N) is 1. The number of carbonyl (C=O) groups is 1. The van der Waals surface area contributed by atoms with Gasteiger partial charge in [0.15, 0.2) is 0 Å². The number of benzene rings is 2. The van der Waals surface area contributed by atoms with Crippen LogP contribution in [0.15, 0.2) is 30.3 Å². The van der Waals surface area contributed by atoms with E-state index >= 15 is 0 Å². The molecule has 1 aromatic heterocycles. The normalized spacial score (nSPS) is 13.3. The maximum atomic E-state index is 12.8. The third-order valence-electron chi connectivity index (χ3n) is 5.18. The quantitative estimate of drug-likeness (QED) is 0.572. The fourth-order valence-electron chi connectivity index (χ4n) is 3.63. The molecular formula is C22H20Cl2N2O2. The fourth-order valence-corrected chi connectivity index (χ4v) is 4.15. The molecule has 0 unspecified atom stereocenters. The molecule has 1 aliphatic rings. The summed E-state index contributed by atoms with van der Waals surface area (Å²) < 4.78 is 5.34. The number of aromatic nitrogens is 1. The van der Waals surface area contributed by atoms with E-state index in [4.69, 9.17) is 32.9 Å². The molecule has 1 heterocycles. The number of pyridine rings is 1. The number of anilines is 1. The zero-order valence-corrected chi connectivity index (χ0v) is 17.2. The highest BCUT2D eigenvalue weighted by molar-refractivity contribution is 6.36. The van der Waals surface area contributed by atoms with Gasteiger partial charge in [0.2, 0.25) is 0 Å². The van der Waals surface area contributed by atoms with Gasteiger partial charge in [-0.1, -0.05) is 29.3 Å². The van der Waals surface area contributed by atoms with Crippen molar-refractivity contribution < 1.29 is 9.53 Å². The van der Waals surface area contributed by atoms with Crippen LogP contribution in [0, 0.1) is 6.92 Å². The van der Waals surface area contributed by atoms with Gasteiger partial charge in [0.1, 0.15) is 5.75 Å². The van der Waals surface area contributed by atoms with Crippen LogP contribution >= 0.6 is 23.2 Å². The number of hydrogen-bond donors (Lipinski definition) is 1. The van der Waals surface area contributed by atoms with Gasteiger partial charge in [-0.3, -0.25) is 9.78 Å². The van der Waals surface area contributed by atoms with E-state index in [1.807, 2.05) is 13.0 Å². The van der Waals surface area contributed by atoms with Gasteiger partial charge in [0, 0.05) is 27.7 Å². The minimum absolute atomic E-state index is 0.238. The molecule has 0 fully saturated rings. The van der Waals surface area contributed by atoms with Crippen LogP contribution in [-0.2, 0) is 12.8 Å². The highest BCUT2D eigenvalue weighted by Gasteiger charge is 2.18. The summed E-state index contributed by atoms with van der Waals surface area (Å²) in [6.45, 7) is 1.88. The van der Waals surface area contributed by atoms with Crippen molar-refractivity contribution in [2.75, 3.05) is 12.4 Å². The van der Waals surface area contributed by atoms with E-state index in [0.717, 1.165) is 58.4 Å². The van der Waals surface area contributed by atoms with Gasteiger partial charge in [0.25, 0.3) is 5.91 Å². The Morgan fingerprint density at radius 2 is 1.93 bits per heavy atom. The summed E-state index contributed by atoms with van der Waals surface area (Å²) >= 11 is 12.8. The van der Waals surface area contributed by atoms with Crippen molar-refractivity contribution >= 4 is 45.7 Å². The van der Waals surface area contributed by atoms with Crippen molar-refractivity contribution in [1.82, 2.24) is 4.98 Å². The molecule has 6 heteroatoms. The number of fused-ring (bicyclic) bond motifs is 2. The van der Waals surface area contributed by atoms with Gasteiger partial charge in [-0.2, -0.15) is 0 Å². The third kappa shape index (κ3) is 3.43. The minimum Gasteiger partial charge on any atom is -0.495 e. The number of carbonyl (C=O) groups excluding carboxylic acids is 1. The Kier molecular flexibility index (Phi) is 5.17. The number of rotatable bonds is 3. The summed E-state index contributed by atoms with van der Waals surface area (Å²) in [7, 11) is 1.54. The Morgan fingerprint density at radius 3 is 2.71 bits per heavy atom. The largest absolute Gasteiger partial charge is 0.495 e. The monoisotopic (exact) mass is 414 g/mol. The first kappa shape index (κ1) is 19.0. The summed E-state index contributed by atoms with van der Waals surface area (Å²) in [6.07, 6.45) is 4.16. The lowest BCUT2D eigenvalue weighted by molar-refractivity contribution is 0.102. The second kappa shape index (κ2) is 7.61. The Hall–Kier alpha value is -2.30. The number of aryl methyl sites for hydroxylation is 2. The number of ether oxygens (including phenoxy) is 1.